The molecule has 1 fully saturated rings. The lowest BCUT2D eigenvalue weighted by atomic mass is 10.2. The third-order valence-electron chi connectivity index (χ3n) is 3.15. The number of nitrogens with zero attached hydrogens (tertiary/aromatic N) is 1. The van der Waals surface area contributed by atoms with Crippen LogP contribution in [0.25, 0.3) is 16.5 Å². The van der Waals surface area contributed by atoms with E-state index >= 15 is 0 Å². The molecule has 1 aromatic carbocycles. The van der Waals surface area contributed by atoms with Crippen LogP contribution in [-0.4, -0.2) is 21.7 Å². The summed E-state index contributed by atoms with van der Waals surface area (Å²) in [7, 11) is 0. The monoisotopic (exact) mass is 331 g/mol. The van der Waals surface area contributed by atoms with Gasteiger partial charge in [-0.05, 0) is 42.5 Å². The summed E-state index contributed by atoms with van der Waals surface area (Å²) in [5.41, 5.74) is 1.21. The lowest BCUT2D eigenvalue weighted by Gasteiger charge is -2.09. The minimum absolute atomic E-state index is 0.0218. The van der Waals surface area contributed by atoms with Crippen molar-refractivity contribution >= 4 is 51.6 Å². The molecule has 3 rings (SSSR count). The Hall–Kier alpha value is -1.43. The number of likely N-dealkylation sites (N-methyl/N-ethyl adjacent to an activating group) is 1. The van der Waals surface area contributed by atoms with Gasteiger partial charge in [-0.15, -0.1) is 11.3 Å². The van der Waals surface area contributed by atoms with Crippen LogP contribution in [-0.2, 0) is 0 Å². The Morgan fingerprint density at radius 3 is 2.62 bits per heavy atom. The van der Waals surface area contributed by atoms with E-state index in [1.807, 2.05) is 31.2 Å². The lowest BCUT2D eigenvalue weighted by Crippen LogP contribution is -2.26. The van der Waals surface area contributed by atoms with Crippen molar-refractivity contribution in [3.05, 3.63) is 52.2 Å². The molecule has 1 aromatic heterocycles. The van der Waals surface area contributed by atoms with Gasteiger partial charge in [-0.1, -0.05) is 42.5 Å². The Balaban J connectivity index is 1.87. The molecular formula is C16H13NOS3. The predicted octanol–water partition coefficient (Wildman–Crippen LogP) is 5.27. The molecule has 2 heterocycles. The van der Waals surface area contributed by atoms with Crippen LogP contribution < -0.4 is 0 Å². The van der Waals surface area contributed by atoms with E-state index in [9.17, 15) is 4.79 Å². The van der Waals surface area contributed by atoms with Crippen molar-refractivity contribution < 1.29 is 4.79 Å². The average Bonchev–Trinajstić information content (AvgIpc) is 3.06. The first-order valence-corrected chi connectivity index (χ1v) is 8.64. The Kier molecular flexibility index (Phi) is 4.24. The average molecular weight is 331 g/mol. The number of carbonyl (C=O) groups excluding carboxylic acids is 1. The molecule has 1 saturated heterocycles. The number of rotatable bonds is 3. The summed E-state index contributed by atoms with van der Waals surface area (Å²) in [6, 6.07) is 14.5. The van der Waals surface area contributed by atoms with Gasteiger partial charge in [0.15, 0.2) is 0 Å². The molecule has 2 aromatic rings. The summed E-state index contributed by atoms with van der Waals surface area (Å²) < 4.78 is 0. The summed E-state index contributed by atoms with van der Waals surface area (Å²) in [5, 5.41) is 0.0218. The summed E-state index contributed by atoms with van der Waals surface area (Å²) in [4.78, 5) is 17.3. The number of benzene rings is 1. The number of carbonyl (C=O) groups is 1. The molecule has 0 aliphatic carbocycles. The van der Waals surface area contributed by atoms with E-state index in [2.05, 4.69) is 24.3 Å². The Morgan fingerprint density at radius 1 is 1.19 bits per heavy atom. The van der Waals surface area contributed by atoms with E-state index < -0.39 is 0 Å². The molecule has 0 bridgehead atoms. The van der Waals surface area contributed by atoms with Crippen molar-refractivity contribution in [3.63, 3.8) is 0 Å². The van der Waals surface area contributed by atoms with E-state index in [1.54, 1.807) is 16.2 Å². The highest BCUT2D eigenvalue weighted by Gasteiger charge is 2.30. The molecule has 106 valence electrons. The van der Waals surface area contributed by atoms with Crippen molar-refractivity contribution in [1.29, 1.82) is 0 Å². The minimum Gasteiger partial charge on any atom is -0.293 e. The molecule has 1 amide bonds. The largest absolute Gasteiger partial charge is 0.293 e. The number of hydrogen-bond acceptors (Lipinski definition) is 4. The molecule has 21 heavy (non-hydrogen) atoms. The van der Waals surface area contributed by atoms with Crippen molar-refractivity contribution in [1.82, 2.24) is 4.90 Å². The maximum absolute atomic E-state index is 11.8. The molecule has 1 aliphatic heterocycles. The van der Waals surface area contributed by atoms with Crippen molar-refractivity contribution in [2.45, 2.75) is 6.92 Å². The predicted molar refractivity (Wildman–Crippen MR) is 95.7 cm³/mol. The molecule has 1 aliphatic rings. The standard InChI is InChI=1S/C16H13NOS3/c1-2-17-15(19)14(21-16(17)18)10-12-8-9-13(20-12)11-6-4-3-5-7-11/h3-10H,2H2,1H3/b14-10+. The van der Waals surface area contributed by atoms with E-state index in [0.29, 0.717) is 11.5 Å². The zero-order chi connectivity index (χ0) is 14.8. The second-order valence-electron chi connectivity index (χ2n) is 4.49. The second kappa shape index (κ2) is 6.13. The summed E-state index contributed by atoms with van der Waals surface area (Å²) in [5.74, 6) is 0. The summed E-state index contributed by atoms with van der Waals surface area (Å²) in [6.45, 7) is 2.56. The van der Waals surface area contributed by atoms with Crippen LogP contribution in [0, 0.1) is 0 Å². The molecule has 0 radical (unpaired) electrons. The van der Waals surface area contributed by atoms with Crippen LogP contribution in [0.3, 0.4) is 0 Å². The Labute approximate surface area is 137 Å². The quantitative estimate of drug-likeness (QED) is 0.564. The van der Waals surface area contributed by atoms with Gasteiger partial charge in [-0.25, -0.2) is 0 Å². The number of thioether (sulfide) groups is 1. The van der Waals surface area contributed by atoms with E-state index in [4.69, 9.17) is 12.2 Å². The van der Waals surface area contributed by atoms with Gasteiger partial charge in [0.05, 0.1) is 4.91 Å². The molecule has 0 spiro atoms. The van der Waals surface area contributed by atoms with Gasteiger partial charge in [0.25, 0.3) is 5.24 Å². The van der Waals surface area contributed by atoms with Gasteiger partial charge in [-0.2, -0.15) is 0 Å². The number of amides is 1. The zero-order valence-electron chi connectivity index (χ0n) is 11.4. The first-order chi connectivity index (χ1) is 10.2. The Bertz CT molecular complexity index is 718. The first-order valence-electron chi connectivity index (χ1n) is 6.59. The molecule has 0 N–H and O–H groups in total. The normalized spacial score (nSPS) is 17.0. The third kappa shape index (κ3) is 2.95. The van der Waals surface area contributed by atoms with Gasteiger partial charge in [-0.3, -0.25) is 9.69 Å². The molecule has 0 atom stereocenters. The Morgan fingerprint density at radius 2 is 1.95 bits per heavy atom. The summed E-state index contributed by atoms with van der Waals surface area (Å²) >= 11 is 8.28. The van der Waals surface area contributed by atoms with Gasteiger partial charge >= 0.3 is 0 Å². The highest BCUT2D eigenvalue weighted by molar-refractivity contribution is 8.19. The van der Waals surface area contributed by atoms with Crippen molar-refractivity contribution in [3.8, 4) is 10.4 Å². The molecular weight excluding hydrogens is 318 g/mol. The zero-order valence-corrected chi connectivity index (χ0v) is 13.9. The van der Waals surface area contributed by atoms with Crippen LogP contribution in [0.4, 0.5) is 4.79 Å². The smallest absolute Gasteiger partial charge is 0.291 e. The van der Waals surface area contributed by atoms with E-state index in [-0.39, 0.29) is 5.24 Å². The highest BCUT2D eigenvalue weighted by Crippen LogP contribution is 2.35. The van der Waals surface area contributed by atoms with Gasteiger partial charge in [0.1, 0.15) is 4.99 Å². The van der Waals surface area contributed by atoms with Crippen molar-refractivity contribution in [2.75, 3.05) is 6.54 Å². The van der Waals surface area contributed by atoms with Crippen LogP contribution in [0.1, 0.15) is 11.8 Å². The fourth-order valence-corrected chi connectivity index (χ4v) is 4.48. The summed E-state index contributed by atoms with van der Waals surface area (Å²) in [6.07, 6.45) is 2.01. The highest BCUT2D eigenvalue weighted by atomic mass is 32.2. The fourth-order valence-electron chi connectivity index (χ4n) is 2.09. The van der Waals surface area contributed by atoms with Gasteiger partial charge in [0, 0.05) is 16.3 Å². The van der Waals surface area contributed by atoms with Gasteiger partial charge < -0.3 is 0 Å². The van der Waals surface area contributed by atoms with Crippen molar-refractivity contribution in [2.24, 2.45) is 0 Å². The van der Waals surface area contributed by atoms with Crippen LogP contribution in [0.5, 0.6) is 0 Å². The molecule has 0 unspecified atom stereocenters. The minimum atomic E-state index is 0.0218. The third-order valence-corrected chi connectivity index (χ3v) is 5.73. The van der Waals surface area contributed by atoms with E-state index in [1.165, 1.54) is 22.2 Å². The van der Waals surface area contributed by atoms with Crippen LogP contribution in [0.2, 0.25) is 0 Å². The fraction of sp³-hybridized carbons (Fsp3) is 0.125. The van der Waals surface area contributed by atoms with Crippen LogP contribution >= 0.6 is 35.3 Å². The first kappa shape index (κ1) is 14.5. The SMILES string of the molecule is CCN1C(=O)S/C(=C/c2ccc(-c3ccccc3)s2)C1=S. The molecule has 0 saturated carbocycles. The van der Waals surface area contributed by atoms with E-state index in [0.717, 1.165) is 9.78 Å². The molecule has 2 nitrogen and oxygen atoms in total. The number of hydrogen-bond donors (Lipinski definition) is 0. The van der Waals surface area contributed by atoms with Gasteiger partial charge in [0.2, 0.25) is 0 Å². The maximum Gasteiger partial charge on any atom is 0.291 e. The number of thiophene rings is 1. The lowest BCUT2D eigenvalue weighted by molar-refractivity contribution is 0.247. The second-order valence-corrected chi connectivity index (χ2v) is 6.99. The van der Waals surface area contributed by atoms with Crippen LogP contribution in [0.15, 0.2) is 47.4 Å². The topological polar surface area (TPSA) is 20.3 Å². The number of thiocarbonyl (C=S) groups is 1. The molecule has 5 heteroatoms. The maximum atomic E-state index is 11.8.